The Bertz CT molecular complexity index is 130. The molecule has 0 unspecified atom stereocenters. The highest BCUT2D eigenvalue weighted by molar-refractivity contribution is 5.53. The first-order valence-corrected chi connectivity index (χ1v) is 3.54. The molecule has 0 heterocycles. The maximum atomic E-state index is 9.10. The minimum absolute atomic E-state index is 0.520. The molecular weight excluding hydrogens is 160 g/mol. The van der Waals surface area contributed by atoms with Crippen LogP contribution in [0.3, 0.4) is 0 Å². The minimum atomic E-state index is -1.83. The third-order valence-corrected chi connectivity index (χ3v) is 0.960. The molecular formula is C8H16O4. The Balaban J connectivity index is 0. The van der Waals surface area contributed by atoms with Crippen molar-refractivity contribution in [1.29, 1.82) is 0 Å². The van der Waals surface area contributed by atoms with Crippen LogP contribution in [0.25, 0.3) is 0 Å². The summed E-state index contributed by atoms with van der Waals surface area (Å²) in [6.45, 7) is 7.16. The largest absolute Gasteiger partial charge is 0.503 e. The van der Waals surface area contributed by atoms with E-state index in [1.54, 1.807) is 13.8 Å². The molecule has 4 nitrogen and oxygen atoms in total. The molecule has 3 N–H and O–H groups in total. The fourth-order valence-corrected chi connectivity index (χ4v) is 0.455. The summed E-state index contributed by atoms with van der Waals surface area (Å²) in [6, 6.07) is 0. The molecule has 4 heteroatoms. The Morgan fingerprint density at radius 1 is 1.50 bits per heavy atom. The number of hydrogen-bond acceptors (Lipinski definition) is 2. The zero-order chi connectivity index (χ0) is 10.2. The van der Waals surface area contributed by atoms with Gasteiger partial charge in [-0.25, -0.2) is 4.79 Å². The van der Waals surface area contributed by atoms with Gasteiger partial charge < -0.3 is 15.3 Å². The third kappa shape index (κ3) is 36.2. The molecule has 0 aromatic rings. The van der Waals surface area contributed by atoms with Gasteiger partial charge in [0.05, 0.1) is 5.60 Å². The van der Waals surface area contributed by atoms with Crippen LogP contribution >= 0.6 is 0 Å². The van der Waals surface area contributed by atoms with Gasteiger partial charge >= 0.3 is 6.16 Å². The molecule has 0 atom stereocenters. The molecule has 72 valence electrons. The predicted molar refractivity (Wildman–Crippen MR) is 46.4 cm³/mol. The van der Waals surface area contributed by atoms with E-state index in [9.17, 15) is 0 Å². The molecule has 0 fully saturated rings. The molecule has 12 heavy (non-hydrogen) atoms. The Morgan fingerprint density at radius 2 is 1.83 bits per heavy atom. The van der Waals surface area contributed by atoms with Crippen molar-refractivity contribution in [2.45, 2.75) is 32.3 Å². The first-order valence-electron chi connectivity index (χ1n) is 3.54. The molecule has 0 amide bonds. The molecule has 0 radical (unpaired) electrons. The van der Waals surface area contributed by atoms with Gasteiger partial charge in [0.2, 0.25) is 0 Å². The van der Waals surface area contributed by atoms with Crippen LogP contribution in [0.15, 0.2) is 12.7 Å². The van der Waals surface area contributed by atoms with Crippen LogP contribution < -0.4 is 0 Å². The lowest BCUT2D eigenvalue weighted by molar-refractivity contribution is 0.0721. The van der Waals surface area contributed by atoms with E-state index in [0.29, 0.717) is 0 Å². The predicted octanol–water partition coefficient (Wildman–Crippen LogP) is 1.95. The topological polar surface area (TPSA) is 77.8 Å². The summed E-state index contributed by atoms with van der Waals surface area (Å²) in [4.78, 5) is 8.56. The van der Waals surface area contributed by atoms with Gasteiger partial charge in [-0.3, -0.25) is 0 Å². The van der Waals surface area contributed by atoms with E-state index in [0.717, 1.165) is 12.8 Å². The molecule has 0 aliphatic carbocycles. The lowest BCUT2D eigenvalue weighted by Crippen LogP contribution is -2.17. The Morgan fingerprint density at radius 3 is 1.92 bits per heavy atom. The summed E-state index contributed by atoms with van der Waals surface area (Å²) in [5, 5.41) is 23.0. The van der Waals surface area contributed by atoms with Gasteiger partial charge in [-0.1, -0.05) is 6.08 Å². The lowest BCUT2D eigenvalue weighted by atomic mass is 10.0. The molecule has 0 aromatic carbocycles. The molecule has 0 rings (SSSR count). The molecule has 0 aliphatic rings. The maximum Gasteiger partial charge on any atom is 0.503 e. The quantitative estimate of drug-likeness (QED) is 0.574. The van der Waals surface area contributed by atoms with E-state index >= 15 is 0 Å². The number of hydrogen-bond donors (Lipinski definition) is 3. The van der Waals surface area contributed by atoms with Gasteiger partial charge in [0, 0.05) is 0 Å². The van der Waals surface area contributed by atoms with Crippen LogP contribution in [0, 0.1) is 0 Å². The average molecular weight is 176 g/mol. The molecule has 0 aromatic heterocycles. The molecule has 0 spiro atoms. The van der Waals surface area contributed by atoms with E-state index in [4.69, 9.17) is 20.1 Å². The van der Waals surface area contributed by atoms with E-state index in [-0.39, 0.29) is 0 Å². The summed E-state index contributed by atoms with van der Waals surface area (Å²) in [5.74, 6) is 0. The van der Waals surface area contributed by atoms with Crippen LogP contribution in [0.5, 0.6) is 0 Å². The number of carboxylic acid groups (broad SMARTS) is 2. The van der Waals surface area contributed by atoms with Crippen LogP contribution in [-0.4, -0.2) is 27.1 Å². The fraction of sp³-hybridized carbons (Fsp3) is 0.625. The Hall–Kier alpha value is -1.03. The van der Waals surface area contributed by atoms with Crippen molar-refractivity contribution in [3.63, 3.8) is 0 Å². The number of rotatable bonds is 3. The zero-order valence-corrected chi connectivity index (χ0v) is 7.45. The van der Waals surface area contributed by atoms with Gasteiger partial charge in [-0.15, -0.1) is 6.58 Å². The fourth-order valence-electron chi connectivity index (χ4n) is 0.455. The van der Waals surface area contributed by atoms with Gasteiger partial charge in [-0.05, 0) is 26.7 Å². The average Bonchev–Trinajstić information content (AvgIpc) is 1.80. The number of aliphatic hydroxyl groups is 1. The van der Waals surface area contributed by atoms with Crippen molar-refractivity contribution in [3.05, 3.63) is 12.7 Å². The highest BCUT2D eigenvalue weighted by atomic mass is 16.6. The number of carbonyl (C=O) groups is 1. The summed E-state index contributed by atoms with van der Waals surface area (Å²) >= 11 is 0. The van der Waals surface area contributed by atoms with Crippen LogP contribution in [0.1, 0.15) is 26.7 Å². The van der Waals surface area contributed by atoms with Crippen LogP contribution in [-0.2, 0) is 0 Å². The molecule has 0 saturated carbocycles. The van der Waals surface area contributed by atoms with Gasteiger partial charge in [-0.2, -0.15) is 0 Å². The van der Waals surface area contributed by atoms with Crippen molar-refractivity contribution in [2.75, 3.05) is 0 Å². The van der Waals surface area contributed by atoms with Gasteiger partial charge in [0.15, 0.2) is 0 Å². The van der Waals surface area contributed by atoms with E-state index in [1.807, 2.05) is 6.08 Å². The molecule has 0 saturated heterocycles. The second kappa shape index (κ2) is 6.67. The van der Waals surface area contributed by atoms with E-state index in [1.165, 1.54) is 0 Å². The van der Waals surface area contributed by atoms with Crippen LogP contribution in [0.2, 0.25) is 0 Å². The van der Waals surface area contributed by atoms with Gasteiger partial charge in [0.1, 0.15) is 0 Å². The second-order valence-corrected chi connectivity index (χ2v) is 2.92. The van der Waals surface area contributed by atoms with Crippen molar-refractivity contribution >= 4 is 6.16 Å². The summed E-state index contributed by atoms with van der Waals surface area (Å²) < 4.78 is 0. The monoisotopic (exact) mass is 176 g/mol. The second-order valence-electron chi connectivity index (χ2n) is 2.92. The smallest absolute Gasteiger partial charge is 0.450 e. The zero-order valence-electron chi connectivity index (χ0n) is 7.45. The Labute approximate surface area is 72.2 Å². The summed E-state index contributed by atoms with van der Waals surface area (Å²) in [7, 11) is 0. The normalized spacial score (nSPS) is 9.58. The van der Waals surface area contributed by atoms with Crippen LogP contribution in [0.4, 0.5) is 4.79 Å². The highest BCUT2D eigenvalue weighted by Gasteiger charge is 2.09. The highest BCUT2D eigenvalue weighted by Crippen LogP contribution is 2.09. The van der Waals surface area contributed by atoms with E-state index < -0.39 is 11.8 Å². The number of allylic oxidation sites excluding steroid dienone is 1. The maximum absolute atomic E-state index is 9.10. The third-order valence-electron chi connectivity index (χ3n) is 0.960. The van der Waals surface area contributed by atoms with E-state index in [2.05, 4.69) is 6.58 Å². The van der Waals surface area contributed by atoms with Crippen molar-refractivity contribution in [2.24, 2.45) is 0 Å². The van der Waals surface area contributed by atoms with Gasteiger partial charge in [0.25, 0.3) is 0 Å². The SMILES string of the molecule is C=CCCC(C)(C)O.O=C(O)O. The lowest BCUT2D eigenvalue weighted by Gasteiger charge is -2.14. The summed E-state index contributed by atoms with van der Waals surface area (Å²) in [5.41, 5.74) is -0.520. The van der Waals surface area contributed by atoms with Crippen molar-refractivity contribution in [3.8, 4) is 0 Å². The Kier molecular flexibility index (Phi) is 7.53. The first kappa shape index (κ1) is 13.6. The van der Waals surface area contributed by atoms with Crippen molar-refractivity contribution in [1.82, 2.24) is 0 Å². The summed E-state index contributed by atoms with van der Waals surface area (Å²) in [6.07, 6.45) is 1.68. The molecule has 0 aliphatic heterocycles. The van der Waals surface area contributed by atoms with Crippen molar-refractivity contribution < 1.29 is 20.1 Å². The minimum Gasteiger partial charge on any atom is -0.450 e. The first-order chi connectivity index (χ1) is 5.29. The standard InChI is InChI=1S/C7H14O.CH2O3/c1-4-5-6-7(2,3)8;2-1(3)4/h4,8H,1,5-6H2,2-3H3;(H2,2,3,4). The molecule has 0 bridgehead atoms.